The van der Waals surface area contributed by atoms with Gasteiger partial charge in [0.1, 0.15) is 5.75 Å². The molecule has 6 nitrogen and oxygen atoms in total. The van der Waals surface area contributed by atoms with E-state index in [1.807, 2.05) is 24.3 Å². The molecule has 1 aromatic carbocycles. The maximum Gasteiger partial charge on any atom is 0.223 e. The smallest absolute Gasteiger partial charge is 0.223 e. The summed E-state index contributed by atoms with van der Waals surface area (Å²) >= 11 is 0. The molecule has 0 aliphatic heterocycles. The van der Waals surface area contributed by atoms with E-state index in [1.165, 1.54) is 12.8 Å². The van der Waals surface area contributed by atoms with E-state index in [9.17, 15) is 5.11 Å². The number of hydrogen-bond acceptors (Lipinski definition) is 6. The summed E-state index contributed by atoms with van der Waals surface area (Å²) in [6.07, 6.45) is 2.40. The highest BCUT2D eigenvalue weighted by atomic mass is 16.5. The van der Waals surface area contributed by atoms with Gasteiger partial charge in [-0.25, -0.2) is 0 Å². The molecule has 1 saturated carbocycles. The van der Waals surface area contributed by atoms with Gasteiger partial charge in [0.15, 0.2) is 6.61 Å². The van der Waals surface area contributed by atoms with Crippen LogP contribution in [0.15, 0.2) is 28.8 Å². The maximum absolute atomic E-state index is 9.60. The quantitative estimate of drug-likeness (QED) is 0.777. The molecular weight excluding hydrogens is 294 g/mol. The van der Waals surface area contributed by atoms with Crippen molar-refractivity contribution in [1.82, 2.24) is 15.5 Å². The first kappa shape index (κ1) is 16.0. The molecule has 1 aromatic heterocycles. The number of benzene rings is 1. The molecule has 0 radical (unpaired) electrons. The first-order chi connectivity index (χ1) is 11.1. The van der Waals surface area contributed by atoms with E-state index in [4.69, 9.17) is 9.26 Å². The Labute approximate surface area is 135 Å². The van der Waals surface area contributed by atoms with Gasteiger partial charge in [-0.3, -0.25) is 0 Å². The second-order valence-electron chi connectivity index (χ2n) is 6.37. The molecule has 0 saturated heterocycles. The zero-order valence-corrected chi connectivity index (χ0v) is 13.6. The average Bonchev–Trinajstić information content (AvgIpc) is 3.35. The van der Waals surface area contributed by atoms with Crippen molar-refractivity contribution >= 4 is 0 Å². The Bertz CT molecular complexity index is 637. The van der Waals surface area contributed by atoms with E-state index in [0.29, 0.717) is 24.2 Å². The number of aryl methyl sites for hydroxylation is 1. The second kappa shape index (κ2) is 6.68. The number of aliphatic hydroxyl groups excluding tert-OH is 1. The predicted molar refractivity (Wildman–Crippen MR) is 84.9 cm³/mol. The Kier molecular flexibility index (Phi) is 4.63. The molecule has 6 heteroatoms. The minimum Gasteiger partial charge on any atom is -0.485 e. The molecule has 3 rings (SSSR count). The van der Waals surface area contributed by atoms with E-state index in [2.05, 4.69) is 22.4 Å². The van der Waals surface area contributed by atoms with Crippen LogP contribution < -0.4 is 10.1 Å². The van der Waals surface area contributed by atoms with Crippen LogP contribution in [0.1, 0.15) is 37.0 Å². The lowest BCUT2D eigenvalue weighted by atomic mass is 9.96. The molecule has 1 unspecified atom stereocenters. The first-order valence-electron chi connectivity index (χ1n) is 7.96. The largest absolute Gasteiger partial charge is 0.485 e. The van der Waals surface area contributed by atoms with Crippen molar-refractivity contribution in [2.45, 2.75) is 45.4 Å². The highest BCUT2D eigenvalue weighted by molar-refractivity contribution is 5.27. The van der Waals surface area contributed by atoms with Crippen LogP contribution in [-0.2, 0) is 13.2 Å². The molecular formula is C17H23N3O3. The highest BCUT2D eigenvalue weighted by Gasteiger charge is 2.40. The zero-order valence-electron chi connectivity index (χ0n) is 13.6. The van der Waals surface area contributed by atoms with Gasteiger partial charge in [0.25, 0.3) is 0 Å². The van der Waals surface area contributed by atoms with Gasteiger partial charge in [-0.15, -0.1) is 0 Å². The van der Waals surface area contributed by atoms with Crippen LogP contribution in [0.25, 0.3) is 0 Å². The monoisotopic (exact) mass is 317 g/mol. The predicted octanol–water partition coefficient (Wildman–Crippen LogP) is 2.21. The van der Waals surface area contributed by atoms with Gasteiger partial charge >= 0.3 is 0 Å². The number of ether oxygens (including phenoxy) is 1. The Morgan fingerprint density at radius 3 is 2.65 bits per heavy atom. The molecule has 124 valence electrons. The lowest BCUT2D eigenvalue weighted by molar-refractivity contribution is 0.153. The molecule has 1 heterocycles. The van der Waals surface area contributed by atoms with Crippen LogP contribution in [-0.4, -0.2) is 27.4 Å². The lowest BCUT2D eigenvalue weighted by Crippen LogP contribution is -2.47. The number of hydrogen-bond donors (Lipinski definition) is 2. The number of rotatable bonds is 8. The van der Waals surface area contributed by atoms with Crippen molar-refractivity contribution < 1.29 is 14.4 Å². The second-order valence-corrected chi connectivity index (χ2v) is 6.37. The van der Waals surface area contributed by atoms with Crippen molar-refractivity contribution in [3.8, 4) is 5.75 Å². The number of aromatic nitrogens is 2. The molecule has 2 aromatic rings. The summed E-state index contributed by atoms with van der Waals surface area (Å²) in [6.45, 7) is 5.04. The van der Waals surface area contributed by atoms with Gasteiger partial charge in [-0.2, -0.15) is 4.98 Å². The molecule has 1 fully saturated rings. The van der Waals surface area contributed by atoms with Crippen LogP contribution >= 0.6 is 0 Å². The Morgan fingerprint density at radius 2 is 2.09 bits per heavy atom. The number of aliphatic hydroxyl groups is 1. The van der Waals surface area contributed by atoms with Crippen molar-refractivity contribution in [2.24, 2.45) is 5.92 Å². The minimum atomic E-state index is -0.175. The third-order valence-electron chi connectivity index (χ3n) is 4.36. The summed E-state index contributed by atoms with van der Waals surface area (Å²) < 4.78 is 10.5. The Balaban J connectivity index is 1.50. The molecule has 23 heavy (non-hydrogen) atoms. The zero-order chi connectivity index (χ0) is 16.3. The summed E-state index contributed by atoms with van der Waals surface area (Å²) in [5.41, 5.74) is 0.985. The molecule has 1 atom stereocenters. The van der Waals surface area contributed by atoms with Gasteiger partial charge in [0.2, 0.25) is 11.7 Å². The van der Waals surface area contributed by atoms with Crippen molar-refractivity contribution in [1.29, 1.82) is 0 Å². The van der Waals surface area contributed by atoms with E-state index < -0.39 is 0 Å². The molecule has 1 aliphatic rings. The molecule has 2 N–H and O–H groups in total. The SMILES string of the molecule is Cc1nc(COc2ccc(CNC(C)(CO)C3CC3)cc2)no1. The molecule has 1 aliphatic carbocycles. The van der Waals surface area contributed by atoms with Crippen molar-refractivity contribution in [3.63, 3.8) is 0 Å². The lowest BCUT2D eigenvalue weighted by Gasteiger charge is -2.29. The molecule has 0 spiro atoms. The average molecular weight is 317 g/mol. The fraction of sp³-hybridized carbons (Fsp3) is 0.529. The third kappa shape index (κ3) is 4.09. The van der Waals surface area contributed by atoms with E-state index >= 15 is 0 Å². The van der Waals surface area contributed by atoms with Gasteiger partial charge < -0.3 is 19.7 Å². The van der Waals surface area contributed by atoms with Gasteiger partial charge in [-0.1, -0.05) is 17.3 Å². The summed E-state index contributed by atoms with van der Waals surface area (Å²) in [5.74, 6) is 2.43. The molecule has 0 amide bonds. The van der Waals surface area contributed by atoms with E-state index in [0.717, 1.165) is 17.9 Å². The van der Waals surface area contributed by atoms with E-state index in [1.54, 1.807) is 6.92 Å². The van der Waals surface area contributed by atoms with Gasteiger partial charge in [0.05, 0.1) is 6.61 Å². The highest BCUT2D eigenvalue weighted by Crippen LogP contribution is 2.39. The minimum absolute atomic E-state index is 0.170. The fourth-order valence-corrected chi connectivity index (χ4v) is 2.61. The van der Waals surface area contributed by atoms with Crippen LogP contribution in [0, 0.1) is 12.8 Å². The number of nitrogens with one attached hydrogen (secondary N) is 1. The van der Waals surface area contributed by atoms with Crippen LogP contribution in [0.2, 0.25) is 0 Å². The van der Waals surface area contributed by atoms with Crippen molar-refractivity contribution in [3.05, 3.63) is 41.5 Å². The first-order valence-corrected chi connectivity index (χ1v) is 7.96. The summed E-state index contributed by atoms with van der Waals surface area (Å²) in [7, 11) is 0. The standard InChI is InChI=1S/C17H23N3O3/c1-12-19-16(20-23-12)10-22-15-7-3-13(4-8-15)9-18-17(2,11-21)14-5-6-14/h3-4,7-8,14,18,21H,5-6,9-11H2,1-2H3. The Hall–Kier alpha value is -1.92. The van der Waals surface area contributed by atoms with Gasteiger partial charge in [0, 0.05) is 19.0 Å². The van der Waals surface area contributed by atoms with Crippen LogP contribution in [0.4, 0.5) is 0 Å². The fourth-order valence-electron chi connectivity index (χ4n) is 2.61. The van der Waals surface area contributed by atoms with Crippen molar-refractivity contribution in [2.75, 3.05) is 6.61 Å². The van der Waals surface area contributed by atoms with E-state index in [-0.39, 0.29) is 12.1 Å². The summed E-state index contributed by atoms with van der Waals surface area (Å²) in [6, 6.07) is 7.90. The van der Waals surface area contributed by atoms with Crippen LogP contribution in [0.5, 0.6) is 5.75 Å². The Morgan fingerprint density at radius 1 is 1.35 bits per heavy atom. The third-order valence-corrected chi connectivity index (χ3v) is 4.36. The van der Waals surface area contributed by atoms with Crippen LogP contribution in [0.3, 0.4) is 0 Å². The number of nitrogens with zero attached hydrogens (tertiary/aromatic N) is 2. The normalized spacial score (nSPS) is 17.0. The summed E-state index contributed by atoms with van der Waals surface area (Å²) in [5, 5.41) is 16.9. The molecule has 0 bridgehead atoms. The maximum atomic E-state index is 9.60. The summed E-state index contributed by atoms with van der Waals surface area (Å²) in [4.78, 5) is 4.10. The van der Waals surface area contributed by atoms with Gasteiger partial charge in [-0.05, 0) is 43.4 Å². The topological polar surface area (TPSA) is 80.4 Å².